The van der Waals surface area contributed by atoms with Crippen molar-refractivity contribution < 1.29 is 10.0 Å². The summed E-state index contributed by atoms with van der Waals surface area (Å²) in [7, 11) is 0. The maximum Gasteiger partial charge on any atom is 0.348 e. The highest BCUT2D eigenvalue weighted by atomic mass is 35.5. The Balaban J connectivity index is 2.04. The number of nitrogens with zero attached hydrogens (tertiary/aromatic N) is 3. The van der Waals surface area contributed by atoms with Gasteiger partial charge in [-0.1, -0.05) is 24.9 Å². The Kier molecular flexibility index (Phi) is 4.95. The Morgan fingerprint density at radius 1 is 1.52 bits per heavy atom. The van der Waals surface area contributed by atoms with Crippen molar-refractivity contribution in [3.63, 3.8) is 0 Å². The monoisotopic (exact) mass is 314 g/mol. The first-order chi connectivity index (χ1) is 9.95. The lowest BCUT2D eigenvalue weighted by Crippen LogP contribution is -2.40. The van der Waals surface area contributed by atoms with E-state index in [2.05, 4.69) is 22.2 Å². The van der Waals surface area contributed by atoms with Crippen LogP contribution < -0.4 is 5.32 Å². The summed E-state index contributed by atoms with van der Waals surface area (Å²) in [6.45, 7) is 2.37. The van der Waals surface area contributed by atoms with E-state index in [0.717, 1.165) is 25.6 Å². The Labute approximate surface area is 127 Å². The van der Waals surface area contributed by atoms with Crippen LogP contribution in [-0.2, 0) is 0 Å². The van der Waals surface area contributed by atoms with Crippen LogP contribution in [0.25, 0.3) is 0 Å². The first-order valence-corrected chi connectivity index (χ1v) is 7.44. The van der Waals surface area contributed by atoms with Gasteiger partial charge in [-0.15, -0.1) is 0 Å². The molecular formula is C13H19ClN4O3. The first kappa shape index (κ1) is 15.9. The van der Waals surface area contributed by atoms with E-state index in [1.807, 2.05) is 0 Å². The summed E-state index contributed by atoms with van der Waals surface area (Å²) in [5, 5.41) is 24.2. The predicted molar refractivity (Wildman–Crippen MR) is 79.4 cm³/mol. The fraction of sp³-hybridized carbons (Fsp3) is 0.692. The van der Waals surface area contributed by atoms with E-state index < -0.39 is 10.5 Å². The summed E-state index contributed by atoms with van der Waals surface area (Å²) in [5.41, 5.74) is -1.21. The smallest absolute Gasteiger partial charge is 0.348 e. The van der Waals surface area contributed by atoms with Crippen LogP contribution in [0.4, 0.5) is 11.5 Å². The van der Waals surface area contributed by atoms with Crippen molar-refractivity contribution in [2.75, 3.05) is 11.9 Å². The highest BCUT2D eigenvalue weighted by Gasteiger charge is 2.33. The molecule has 1 aliphatic rings. The zero-order valence-electron chi connectivity index (χ0n) is 11.9. The molecule has 2 rings (SSSR count). The molecule has 1 heterocycles. The van der Waals surface area contributed by atoms with Crippen molar-refractivity contribution in [2.45, 2.75) is 44.6 Å². The summed E-state index contributed by atoms with van der Waals surface area (Å²) in [5.74, 6) is 0.708. The van der Waals surface area contributed by atoms with Gasteiger partial charge in [0.1, 0.15) is 6.33 Å². The highest BCUT2D eigenvalue weighted by molar-refractivity contribution is 6.31. The molecule has 1 aromatic heterocycles. The number of aliphatic hydroxyl groups is 1. The quantitative estimate of drug-likeness (QED) is 0.492. The molecule has 0 amide bonds. The predicted octanol–water partition coefficient (Wildman–Crippen LogP) is 2.78. The third kappa shape index (κ3) is 3.79. The van der Waals surface area contributed by atoms with Gasteiger partial charge < -0.3 is 10.4 Å². The van der Waals surface area contributed by atoms with Crippen LogP contribution >= 0.6 is 11.6 Å². The van der Waals surface area contributed by atoms with Crippen molar-refractivity contribution in [3.05, 3.63) is 21.6 Å². The fourth-order valence-electron chi connectivity index (χ4n) is 2.70. The fourth-order valence-corrected chi connectivity index (χ4v) is 2.90. The van der Waals surface area contributed by atoms with Gasteiger partial charge in [-0.2, -0.15) is 0 Å². The van der Waals surface area contributed by atoms with Crippen LogP contribution in [0, 0.1) is 16.0 Å². The zero-order valence-corrected chi connectivity index (χ0v) is 12.6. The standard InChI is InChI=1S/C13H19ClN4O3/c1-2-9-3-5-13(19,6-4-9)7-15-12-10(18(20)21)11(14)16-8-17-12/h8-9,19H,2-7H2,1H3,(H,15,16,17). The molecule has 1 fully saturated rings. The molecule has 0 spiro atoms. The minimum absolute atomic E-state index is 0.0473. The number of hydrogen-bond donors (Lipinski definition) is 2. The summed E-state index contributed by atoms with van der Waals surface area (Å²) in [6, 6.07) is 0. The normalized spacial score (nSPS) is 25.6. The molecule has 21 heavy (non-hydrogen) atoms. The minimum Gasteiger partial charge on any atom is -0.388 e. The van der Waals surface area contributed by atoms with E-state index in [1.165, 1.54) is 0 Å². The molecular weight excluding hydrogens is 296 g/mol. The van der Waals surface area contributed by atoms with Crippen LogP contribution in [0.15, 0.2) is 6.33 Å². The Hall–Kier alpha value is -1.47. The number of nitrogens with one attached hydrogen (secondary N) is 1. The van der Waals surface area contributed by atoms with Gasteiger partial charge in [-0.25, -0.2) is 9.97 Å². The molecule has 0 bridgehead atoms. The average molecular weight is 315 g/mol. The number of halogens is 1. The van der Waals surface area contributed by atoms with Crippen LogP contribution in [-0.4, -0.2) is 32.1 Å². The summed E-state index contributed by atoms with van der Waals surface area (Å²) >= 11 is 5.72. The molecule has 8 heteroatoms. The van der Waals surface area contributed by atoms with Gasteiger partial charge in [-0.05, 0) is 31.6 Å². The van der Waals surface area contributed by atoms with E-state index in [-0.39, 0.29) is 23.2 Å². The molecule has 1 saturated carbocycles. The number of hydrogen-bond acceptors (Lipinski definition) is 6. The number of nitro groups is 1. The van der Waals surface area contributed by atoms with E-state index in [1.54, 1.807) is 0 Å². The highest BCUT2D eigenvalue weighted by Crippen LogP contribution is 2.35. The second kappa shape index (κ2) is 6.53. The third-order valence-corrected chi connectivity index (χ3v) is 4.43. The molecule has 1 aromatic rings. The SMILES string of the molecule is CCC1CCC(O)(CNc2ncnc(Cl)c2[N+](=O)[O-])CC1. The van der Waals surface area contributed by atoms with Gasteiger partial charge in [0.2, 0.25) is 11.0 Å². The van der Waals surface area contributed by atoms with Crippen molar-refractivity contribution in [1.29, 1.82) is 0 Å². The average Bonchev–Trinajstić information content (AvgIpc) is 2.46. The molecule has 1 aliphatic carbocycles. The van der Waals surface area contributed by atoms with Gasteiger partial charge >= 0.3 is 5.69 Å². The summed E-state index contributed by atoms with van der Waals surface area (Å²) < 4.78 is 0. The van der Waals surface area contributed by atoms with Gasteiger partial charge in [0, 0.05) is 6.54 Å². The molecule has 0 aliphatic heterocycles. The first-order valence-electron chi connectivity index (χ1n) is 7.06. The van der Waals surface area contributed by atoms with Gasteiger partial charge in [0.15, 0.2) is 0 Å². The number of rotatable bonds is 5. The van der Waals surface area contributed by atoms with Crippen LogP contribution in [0.5, 0.6) is 0 Å². The van der Waals surface area contributed by atoms with E-state index in [0.29, 0.717) is 18.8 Å². The second-order valence-corrected chi connectivity index (χ2v) is 5.91. The van der Waals surface area contributed by atoms with Crippen molar-refractivity contribution in [3.8, 4) is 0 Å². The van der Waals surface area contributed by atoms with Crippen LogP contribution in [0.1, 0.15) is 39.0 Å². The Morgan fingerprint density at radius 2 is 2.19 bits per heavy atom. The van der Waals surface area contributed by atoms with Gasteiger partial charge in [-0.3, -0.25) is 10.1 Å². The van der Waals surface area contributed by atoms with E-state index >= 15 is 0 Å². The summed E-state index contributed by atoms with van der Waals surface area (Å²) in [4.78, 5) is 17.8. The molecule has 116 valence electrons. The lowest BCUT2D eigenvalue weighted by Gasteiger charge is -2.35. The van der Waals surface area contributed by atoms with Gasteiger partial charge in [0.05, 0.1) is 10.5 Å². The van der Waals surface area contributed by atoms with E-state index in [4.69, 9.17) is 11.6 Å². The van der Waals surface area contributed by atoms with Crippen LogP contribution in [0.3, 0.4) is 0 Å². The summed E-state index contributed by atoms with van der Waals surface area (Å²) in [6.07, 6.45) is 5.60. The third-order valence-electron chi connectivity index (χ3n) is 4.16. The van der Waals surface area contributed by atoms with Gasteiger partial charge in [0.25, 0.3) is 0 Å². The van der Waals surface area contributed by atoms with Crippen molar-refractivity contribution in [2.24, 2.45) is 5.92 Å². The van der Waals surface area contributed by atoms with Crippen molar-refractivity contribution in [1.82, 2.24) is 9.97 Å². The zero-order chi connectivity index (χ0) is 15.5. The molecule has 0 saturated heterocycles. The van der Waals surface area contributed by atoms with Crippen LogP contribution in [0.2, 0.25) is 5.15 Å². The topological polar surface area (TPSA) is 101 Å². The molecule has 0 radical (unpaired) electrons. The maximum absolute atomic E-state index is 11.0. The lowest BCUT2D eigenvalue weighted by atomic mass is 9.78. The molecule has 0 unspecified atom stereocenters. The maximum atomic E-state index is 11.0. The minimum atomic E-state index is -0.850. The molecule has 0 atom stereocenters. The molecule has 7 nitrogen and oxygen atoms in total. The second-order valence-electron chi connectivity index (χ2n) is 5.55. The Bertz CT molecular complexity index is 518. The number of aromatic nitrogens is 2. The van der Waals surface area contributed by atoms with E-state index in [9.17, 15) is 15.2 Å². The Morgan fingerprint density at radius 3 is 2.76 bits per heavy atom. The van der Waals surface area contributed by atoms with Crippen molar-refractivity contribution >= 4 is 23.1 Å². The largest absolute Gasteiger partial charge is 0.388 e. The number of anilines is 1. The molecule has 0 aromatic carbocycles. The lowest BCUT2D eigenvalue weighted by molar-refractivity contribution is -0.384. The molecule has 2 N–H and O–H groups in total.